The zero-order chi connectivity index (χ0) is 15.8. The zero-order valence-corrected chi connectivity index (χ0v) is 12.2. The Morgan fingerprint density at radius 2 is 2.13 bits per heavy atom. The number of nitrogens with zero attached hydrogens (tertiary/aromatic N) is 5. The number of amides is 1. The maximum absolute atomic E-state index is 12.4. The van der Waals surface area contributed by atoms with Crippen LogP contribution in [0.25, 0.3) is 11.2 Å². The van der Waals surface area contributed by atoms with Crippen LogP contribution in [-0.2, 0) is 0 Å². The van der Waals surface area contributed by atoms with Crippen LogP contribution < -0.4 is 5.69 Å². The second kappa shape index (κ2) is 5.31. The number of fused-ring (bicyclic) bond motifs is 1. The third kappa shape index (κ3) is 2.28. The fourth-order valence-electron chi connectivity index (χ4n) is 3.03. The van der Waals surface area contributed by atoms with E-state index in [0.717, 1.165) is 0 Å². The van der Waals surface area contributed by atoms with Gasteiger partial charge in [0.25, 0.3) is 5.91 Å². The van der Waals surface area contributed by atoms with Crippen molar-refractivity contribution in [3.8, 4) is 0 Å². The number of aromatic nitrogens is 5. The number of carbonyl (C=O) groups excluding carboxylic acids is 1. The van der Waals surface area contributed by atoms with E-state index in [0.29, 0.717) is 36.2 Å². The number of nitrogens with one attached hydrogen (secondary N) is 1. The monoisotopic (exact) mass is 310 g/mol. The molecule has 116 valence electrons. The van der Waals surface area contributed by atoms with Crippen LogP contribution in [0.2, 0.25) is 0 Å². The van der Waals surface area contributed by atoms with Gasteiger partial charge in [-0.15, -0.1) is 0 Å². The predicted molar refractivity (Wildman–Crippen MR) is 81.9 cm³/mol. The van der Waals surface area contributed by atoms with Gasteiger partial charge in [-0.25, -0.2) is 19.7 Å². The predicted octanol–water partition coefficient (Wildman–Crippen LogP) is 0.602. The second-order valence-electron chi connectivity index (χ2n) is 5.50. The Morgan fingerprint density at radius 3 is 2.96 bits per heavy atom. The van der Waals surface area contributed by atoms with Crippen molar-refractivity contribution in [2.75, 3.05) is 13.1 Å². The molecular formula is C15H14N6O2. The summed E-state index contributed by atoms with van der Waals surface area (Å²) in [7, 11) is 0. The Hall–Kier alpha value is -3.03. The molecule has 0 radical (unpaired) electrons. The van der Waals surface area contributed by atoms with Crippen LogP contribution in [0.15, 0.2) is 41.8 Å². The molecular weight excluding hydrogens is 296 g/mol. The Morgan fingerprint density at radius 1 is 1.30 bits per heavy atom. The average Bonchev–Trinajstić information content (AvgIpc) is 3.18. The van der Waals surface area contributed by atoms with Crippen molar-refractivity contribution in [3.63, 3.8) is 0 Å². The average molecular weight is 310 g/mol. The van der Waals surface area contributed by atoms with E-state index in [1.807, 2.05) is 6.07 Å². The van der Waals surface area contributed by atoms with Crippen LogP contribution in [-0.4, -0.2) is 48.4 Å². The largest absolute Gasteiger partial charge is 0.336 e. The van der Waals surface area contributed by atoms with E-state index in [4.69, 9.17) is 0 Å². The van der Waals surface area contributed by atoms with Crippen molar-refractivity contribution in [3.05, 3.63) is 53.1 Å². The van der Waals surface area contributed by atoms with E-state index in [9.17, 15) is 9.59 Å². The van der Waals surface area contributed by atoms with Gasteiger partial charge in [-0.2, -0.15) is 0 Å². The summed E-state index contributed by atoms with van der Waals surface area (Å²) >= 11 is 0. The molecule has 8 heteroatoms. The highest BCUT2D eigenvalue weighted by molar-refractivity contribution is 5.93. The minimum Gasteiger partial charge on any atom is -0.336 e. The molecule has 0 spiro atoms. The smallest absolute Gasteiger partial charge is 0.327 e. The fraction of sp³-hybridized carbons (Fsp3) is 0.267. The SMILES string of the molecule is O=C(c1cncnc1)N1CC[C@@H](n2c(=O)[nH]c3cccnc32)C1. The summed E-state index contributed by atoms with van der Waals surface area (Å²) in [6, 6.07) is 3.52. The minimum absolute atomic E-state index is 0.0836. The molecule has 1 amide bonds. The van der Waals surface area contributed by atoms with Crippen LogP contribution in [0.3, 0.4) is 0 Å². The van der Waals surface area contributed by atoms with Gasteiger partial charge in [0.05, 0.1) is 17.1 Å². The number of hydrogen-bond donors (Lipinski definition) is 1. The Balaban J connectivity index is 1.62. The van der Waals surface area contributed by atoms with Crippen molar-refractivity contribution in [2.24, 2.45) is 0 Å². The topological polar surface area (TPSA) is 96.8 Å². The van der Waals surface area contributed by atoms with Gasteiger partial charge in [-0.1, -0.05) is 0 Å². The molecule has 1 saturated heterocycles. The summed E-state index contributed by atoms with van der Waals surface area (Å²) in [5, 5.41) is 0. The third-order valence-corrected chi connectivity index (χ3v) is 4.10. The lowest BCUT2D eigenvalue weighted by atomic mass is 10.2. The third-order valence-electron chi connectivity index (χ3n) is 4.10. The molecule has 0 bridgehead atoms. The lowest BCUT2D eigenvalue weighted by Crippen LogP contribution is -2.31. The van der Waals surface area contributed by atoms with Crippen molar-refractivity contribution in [2.45, 2.75) is 12.5 Å². The second-order valence-corrected chi connectivity index (χ2v) is 5.50. The minimum atomic E-state index is -0.193. The van der Waals surface area contributed by atoms with Crippen LogP contribution in [0.1, 0.15) is 22.8 Å². The van der Waals surface area contributed by atoms with E-state index < -0.39 is 0 Å². The van der Waals surface area contributed by atoms with Crippen LogP contribution in [0.4, 0.5) is 0 Å². The van der Waals surface area contributed by atoms with Crippen LogP contribution in [0.5, 0.6) is 0 Å². The highest BCUT2D eigenvalue weighted by Crippen LogP contribution is 2.24. The van der Waals surface area contributed by atoms with Gasteiger partial charge < -0.3 is 9.88 Å². The first-order chi connectivity index (χ1) is 11.2. The molecule has 0 unspecified atom stereocenters. The van der Waals surface area contributed by atoms with E-state index >= 15 is 0 Å². The summed E-state index contributed by atoms with van der Waals surface area (Å²) in [4.78, 5) is 41.2. The van der Waals surface area contributed by atoms with Crippen molar-refractivity contribution < 1.29 is 4.79 Å². The molecule has 8 nitrogen and oxygen atoms in total. The van der Waals surface area contributed by atoms with E-state index in [-0.39, 0.29) is 17.6 Å². The summed E-state index contributed by atoms with van der Waals surface area (Å²) < 4.78 is 1.64. The number of imidazole rings is 1. The summed E-state index contributed by atoms with van der Waals surface area (Å²) in [5.74, 6) is -0.117. The van der Waals surface area contributed by atoms with E-state index in [2.05, 4.69) is 19.9 Å². The van der Waals surface area contributed by atoms with Gasteiger partial charge in [-0.05, 0) is 18.6 Å². The molecule has 1 N–H and O–H groups in total. The van der Waals surface area contributed by atoms with Crippen molar-refractivity contribution in [1.29, 1.82) is 0 Å². The van der Waals surface area contributed by atoms with Gasteiger partial charge in [-0.3, -0.25) is 9.36 Å². The normalized spacial score (nSPS) is 17.7. The standard InChI is InChI=1S/C15H14N6O2/c22-14(10-6-16-9-17-7-10)20-5-3-11(8-20)21-13-12(19-15(21)23)2-1-4-18-13/h1-2,4,6-7,9,11H,3,5,8H2,(H,19,23)/t11-/m1/s1. The molecule has 1 fully saturated rings. The zero-order valence-electron chi connectivity index (χ0n) is 12.2. The molecule has 4 rings (SSSR count). The quantitative estimate of drug-likeness (QED) is 0.747. The van der Waals surface area contributed by atoms with Crippen LogP contribution >= 0.6 is 0 Å². The first-order valence-corrected chi connectivity index (χ1v) is 7.33. The molecule has 0 saturated carbocycles. The van der Waals surface area contributed by atoms with Crippen LogP contribution in [0, 0.1) is 0 Å². The molecule has 3 aromatic rings. The lowest BCUT2D eigenvalue weighted by Gasteiger charge is -2.16. The first kappa shape index (κ1) is 13.6. The number of H-pyrrole nitrogens is 1. The van der Waals surface area contributed by atoms with Gasteiger partial charge in [0.2, 0.25) is 0 Å². The van der Waals surface area contributed by atoms with Crippen molar-refractivity contribution >= 4 is 17.1 Å². The summed E-state index contributed by atoms with van der Waals surface area (Å²) in [6.45, 7) is 1.06. The Bertz CT molecular complexity index is 916. The number of hydrogen-bond acceptors (Lipinski definition) is 5. The Labute approximate surface area is 130 Å². The van der Waals surface area contributed by atoms with E-state index in [1.54, 1.807) is 21.7 Å². The van der Waals surface area contributed by atoms with E-state index in [1.165, 1.54) is 18.7 Å². The molecule has 4 heterocycles. The number of carbonyl (C=O) groups is 1. The molecule has 1 aliphatic heterocycles. The maximum atomic E-state index is 12.4. The molecule has 23 heavy (non-hydrogen) atoms. The number of likely N-dealkylation sites (tertiary alicyclic amines) is 1. The number of pyridine rings is 1. The summed E-state index contributed by atoms with van der Waals surface area (Å²) in [6.07, 6.45) is 6.76. The van der Waals surface area contributed by atoms with Crippen molar-refractivity contribution in [1.82, 2.24) is 29.4 Å². The Kier molecular flexibility index (Phi) is 3.14. The van der Waals surface area contributed by atoms with Gasteiger partial charge in [0.1, 0.15) is 6.33 Å². The molecule has 0 aliphatic carbocycles. The van der Waals surface area contributed by atoms with Gasteiger partial charge in [0.15, 0.2) is 5.65 Å². The lowest BCUT2D eigenvalue weighted by molar-refractivity contribution is 0.0787. The van der Waals surface area contributed by atoms with Gasteiger partial charge in [0, 0.05) is 31.7 Å². The molecule has 3 aromatic heterocycles. The molecule has 1 atom stereocenters. The van der Waals surface area contributed by atoms with Gasteiger partial charge >= 0.3 is 5.69 Å². The maximum Gasteiger partial charge on any atom is 0.327 e. The fourth-order valence-corrected chi connectivity index (χ4v) is 3.03. The first-order valence-electron chi connectivity index (χ1n) is 7.33. The number of aromatic amines is 1. The highest BCUT2D eigenvalue weighted by atomic mass is 16.2. The molecule has 1 aliphatic rings. The molecule has 0 aromatic carbocycles. The summed E-state index contributed by atoms with van der Waals surface area (Å²) in [5.41, 5.74) is 1.59. The number of rotatable bonds is 2. The highest BCUT2D eigenvalue weighted by Gasteiger charge is 2.30.